The molecule has 0 aliphatic heterocycles. The van der Waals surface area contributed by atoms with Gasteiger partial charge in [0.05, 0.1) is 19.8 Å². The molecule has 0 saturated carbocycles. The van der Waals surface area contributed by atoms with Gasteiger partial charge in [0.25, 0.3) is 0 Å². The largest absolute Gasteiger partial charge is 0.493 e. The van der Waals surface area contributed by atoms with Crippen LogP contribution in [0.4, 0.5) is 0 Å². The molecule has 4 heteroatoms. The Labute approximate surface area is 91.4 Å². The predicted octanol–water partition coefficient (Wildman–Crippen LogP) is 2.65. The monoisotopic (exact) mass is 255 g/mol. The van der Waals surface area contributed by atoms with E-state index in [9.17, 15) is 0 Å². The van der Waals surface area contributed by atoms with Crippen molar-refractivity contribution in [3.05, 3.63) is 21.7 Å². The average Bonchev–Trinajstić information content (AvgIpc) is 2.17. The van der Waals surface area contributed by atoms with Gasteiger partial charge in [-0.3, -0.25) is 0 Å². The zero-order chi connectivity index (χ0) is 10.7. The number of nitrogens with zero attached hydrogens (tertiary/aromatic N) is 1. The highest BCUT2D eigenvalue weighted by Gasteiger charge is 2.14. The third kappa shape index (κ3) is 1.68. The van der Waals surface area contributed by atoms with Gasteiger partial charge in [-0.25, -0.2) is 0 Å². The van der Waals surface area contributed by atoms with E-state index < -0.39 is 0 Å². The fourth-order valence-electron chi connectivity index (χ4n) is 1.27. The van der Waals surface area contributed by atoms with Gasteiger partial charge in [-0.05, 0) is 28.9 Å². The van der Waals surface area contributed by atoms with Gasteiger partial charge < -0.3 is 9.47 Å². The van der Waals surface area contributed by atoms with Crippen LogP contribution >= 0.6 is 15.9 Å². The standard InChI is InChI=1S/C10H10BrNO2/c1-6-7(5-12)8(11)4-9(13-2)10(6)14-3/h4H,1-3H3. The summed E-state index contributed by atoms with van der Waals surface area (Å²) in [5, 5.41) is 8.91. The minimum absolute atomic E-state index is 0.572. The molecule has 1 aromatic carbocycles. The molecule has 0 aliphatic carbocycles. The highest BCUT2D eigenvalue weighted by atomic mass is 79.9. The lowest BCUT2D eigenvalue weighted by Gasteiger charge is -2.12. The SMILES string of the molecule is COc1cc(Br)c(C#N)c(C)c1OC. The molecule has 0 N–H and O–H groups in total. The molecule has 0 bridgehead atoms. The van der Waals surface area contributed by atoms with Gasteiger partial charge in [0, 0.05) is 10.0 Å². The van der Waals surface area contributed by atoms with Crippen molar-refractivity contribution in [1.29, 1.82) is 5.26 Å². The third-order valence-corrected chi connectivity index (χ3v) is 2.60. The lowest BCUT2D eigenvalue weighted by molar-refractivity contribution is 0.352. The zero-order valence-corrected chi connectivity index (χ0v) is 9.81. The van der Waals surface area contributed by atoms with Crippen LogP contribution in [-0.2, 0) is 0 Å². The first-order chi connectivity index (χ1) is 6.65. The summed E-state index contributed by atoms with van der Waals surface area (Å²) < 4.78 is 11.0. The Morgan fingerprint density at radius 1 is 1.36 bits per heavy atom. The van der Waals surface area contributed by atoms with Crippen molar-refractivity contribution in [3.63, 3.8) is 0 Å². The molecule has 14 heavy (non-hydrogen) atoms. The molecule has 0 spiro atoms. The Kier molecular flexibility index (Phi) is 3.37. The van der Waals surface area contributed by atoms with Crippen LogP contribution in [0.25, 0.3) is 0 Å². The second kappa shape index (κ2) is 4.34. The number of nitriles is 1. The van der Waals surface area contributed by atoms with Crippen LogP contribution in [-0.4, -0.2) is 14.2 Å². The van der Waals surface area contributed by atoms with Gasteiger partial charge in [-0.2, -0.15) is 5.26 Å². The second-order valence-electron chi connectivity index (χ2n) is 2.71. The van der Waals surface area contributed by atoms with Crippen LogP contribution in [0.15, 0.2) is 10.5 Å². The van der Waals surface area contributed by atoms with E-state index in [1.165, 1.54) is 0 Å². The van der Waals surface area contributed by atoms with E-state index in [1.54, 1.807) is 20.3 Å². The maximum atomic E-state index is 8.91. The number of ether oxygens (including phenoxy) is 2. The Balaban J connectivity index is 3.49. The Morgan fingerprint density at radius 2 is 2.00 bits per heavy atom. The van der Waals surface area contributed by atoms with Crippen LogP contribution in [0.5, 0.6) is 11.5 Å². The smallest absolute Gasteiger partial charge is 0.165 e. The van der Waals surface area contributed by atoms with Gasteiger partial charge in [0.2, 0.25) is 0 Å². The second-order valence-corrected chi connectivity index (χ2v) is 3.56. The van der Waals surface area contributed by atoms with E-state index in [2.05, 4.69) is 22.0 Å². The molecule has 0 aliphatic rings. The van der Waals surface area contributed by atoms with E-state index in [1.807, 2.05) is 6.92 Å². The Bertz CT molecular complexity index is 396. The van der Waals surface area contributed by atoms with Crippen LogP contribution in [0.2, 0.25) is 0 Å². The summed E-state index contributed by atoms with van der Waals surface area (Å²) in [5.41, 5.74) is 1.35. The summed E-state index contributed by atoms with van der Waals surface area (Å²) >= 11 is 3.30. The lowest BCUT2D eigenvalue weighted by Crippen LogP contribution is -1.96. The highest BCUT2D eigenvalue weighted by Crippen LogP contribution is 2.37. The molecule has 0 radical (unpaired) electrons. The maximum absolute atomic E-state index is 8.91. The first-order valence-electron chi connectivity index (χ1n) is 3.96. The highest BCUT2D eigenvalue weighted by molar-refractivity contribution is 9.10. The number of rotatable bonds is 2. The van der Waals surface area contributed by atoms with E-state index in [0.717, 1.165) is 10.0 Å². The normalized spacial score (nSPS) is 9.36. The summed E-state index contributed by atoms with van der Waals surface area (Å²) in [7, 11) is 3.12. The van der Waals surface area contributed by atoms with Crippen LogP contribution in [0.3, 0.4) is 0 Å². The van der Waals surface area contributed by atoms with Gasteiger partial charge in [-0.1, -0.05) is 0 Å². The number of hydrogen-bond acceptors (Lipinski definition) is 3. The summed E-state index contributed by atoms with van der Waals surface area (Å²) in [6.45, 7) is 1.82. The first-order valence-corrected chi connectivity index (χ1v) is 4.76. The minimum atomic E-state index is 0.572. The van der Waals surface area contributed by atoms with Crippen molar-refractivity contribution >= 4 is 15.9 Å². The van der Waals surface area contributed by atoms with Crippen molar-refractivity contribution < 1.29 is 9.47 Å². The molecule has 3 nitrogen and oxygen atoms in total. The first kappa shape index (κ1) is 10.9. The molecular weight excluding hydrogens is 246 g/mol. The zero-order valence-electron chi connectivity index (χ0n) is 8.22. The number of benzene rings is 1. The van der Waals surface area contributed by atoms with Crippen LogP contribution in [0.1, 0.15) is 11.1 Å². The molecule has 0 atom stereocenters. The molecule has 0 aromatic heterocycles. The molecule has 74 valence electrons. The Hall–Kier alpha value is -1.21. The molecule has 0 unspecified atom stereocenters. The quantitative estimate of drug-likeness (QED) is 0.816. The van der Waals surface area contributed by atoms with Crippen molar-refractivity contribution in [2.24, 2.45) is 0 Å². The van der Waals surface area contributed by atoms with Crippen molar-refractivity contribution in [1.82, 2.24) is 0 Å². The molecular formula is C10H10BrNO2. The summed E-state index contributed by atoms with van der Waals surface area (Å²) in [6.07, 6.45) is 0. The topological polar surface area (TPSA) is 42.2 Å². The van der Waals surface area contributed by atoms with Gasteiger partial charge >= 0.3 is 0 Å². The van der Waals surface area contributed by atoms with Gasteiger partial charge in [0.15, 0.2) is 11.5 Å². The van der Waals surface area contributed by atoms with Gasteiger partial charge in [0.1, 0.15) is 6.07 Å². The van der Waals surface area contributed by atoms with Gasteiger partial charge in [-0.15, -0.1) is 0 Å². The number of hydrogen-bond donors (Lipinski definition) is 0. The van der Waals surface area contributed by atoms with Crippen molar-refractivity contribution in [2.45, 2.75) is 6.92 Å². The van der Waals surface area contributed by atoms with E-state index in [-0.39, 0.29) is 0 Å². The average molecular weight is 256 g/mol. The summed E-state index contributed by atoms with van der Waals surface area (Å²) in [5.74, 6) is 1.23. The Morgan fingerprint density at radius 3 is 2.43 bits per heavy atom. The van der Waals surface area contributed by atoms with Crippen LogP contribution in [0, 0.1) is 18.3 Å². The van der Waals surface area contributed by atoms with E-state index in [4.69, 9.17) is 14.7 Å². The lowest BCUT2D eigenvalue weighted by atomic mass is 10.1. The minimum Gasteiger partial charge on any atom is -0.493 e. The molecule has 0 amide bonds. The van der Waals surface area contributed by atoms with Crippen molar-refractivity contribution in [2.75, 3.05) is 14.2 Å². The van der Waals surface area contributed by atoms with Crippen LogP contribution < -0.4 is 9.47 Å². The molecule has 0 heterocycles. The van der Waals surface area contributed by atoms with E-state index in [0.29, 0.717) is 17.1 Å². The number of halogens is 1. The predicted molar refractivity (Wildman–Crippen MR) is 56.7 cm³/mol. The number of methoxy groups -OCH3 is 2. The summed E-state index contributed by atoms with van der Waals surface area (Å²) in [6, 6.07) is 3.83. The van der Waals surface area contributed by atoms with Crippen molar-refractivity contribution in [3.8, 4) is 17.6 Å². The fourth-order valence-corrected chi connectivity index (χ4v) is 1.87. The summed E-state index contributed by atoms with van der Waals surface area (Å²) in [4.78, 5) is 0. The molecule has 0 saturated heterocycles. The molecule has 1 aromatic rings. The van der Waals surface area contributed by atoms with E-state index >= 15 is 0 Å². The third-order valence-electron chi connectivity index (χ3n) is 1.97. The fraction of sp³-hybridized carbons (Fsp3) is 0.300. The molecule has 0 fully saturated rings. The molecule has 1 rings (SSSR count). The maximum Gasteiger partial charge on any atom is 0.165 e.